The molecule has 2 rings (SSSR count). The number of nitrogens with zero attached hydrogens (tertiary/aromatic N) is 1. The average molecular weight is 325 g/mol. The van der Waals surface area contributed by atoms with Crippen molar-refractivity contribution < 1.29 is 9.90 Å². The maximum Gasteiger partial charge on any atom is 0.303 e. The Kier molecular flexibility index (Phi) is 7.84. The zero-order valence-electron chi connectivity index (χ0n) is 15.1. The van der Waals surface area contributed by atoms with Crippen molar-refractivity contribution in [3.8, 4) is 0 Å². The fraction of sp³-hybridized carbons (Fsp3) is 0.947. The van der Waals surface area contributed by atoms with Gasteiger partial charge in [0.15, 0.2) is 0 Å². The minimum atomic E-state index is -0.655. The van der Waals surface area contributed by atoms with E-state index >= 15 is 0 Å². The van der Waals surface area contributed by atoms with E-state index in [0.717, 1.165) is 38.4 Å². The summed E-state index contributed by atoms with van der Waals surface area (Å²) in [4.78, 5) is 13.5. The predicted octanol–water partition coefficient (Wildman–Crippen LogP) is 3.51. The normalized spacial score (nSPS) is 28.6. The third kappa shape index (κ3) is 6.42. The number of hydrogen-bond donors (Lipinski definition) is 2. The lowest BCUT2D eigenvalue weighted by atomic mass is 9.87. The van der Waals surface area contributed by atoms with E-state index in [1.165, 1.54) is 38.5 Å². The minimum absolute atomic E-state index is 0.314. The lowest BCUT2D eigenvalue weighted by Crippen LogP contribution is -2.52. The maximum atomic E-state index is 10.9. The Morgan fingerprint density at radius 1 is 1.22 bits per heavy atom. The molecule has 0 aromatic heterocycles. The monoisotopic (exact) mass is 324 g/mol. The van der Waals surface area contributed by atoms with Gasteiger partial charge in [-0.05, 0) is 57.4 Å². The highest BCUT2D eigenvalue weighted by molar-refractivity contribution is 5.66. The Bertz CT molecular complexity index is 355. The molecule has 0 amide bonds. The van der Waals surface area contributed by atoms with Crippen LogP contribution in [-0.4, -0.2) is 47.7 Å². The predicted molar refractivity (Wildman–Crippen MR) is 94.7 cm³/mol. The summed E-state index contributed by atoms with van der Waals surface area (Å²) in [6.07, 6.45) is 10.4. The van der Waals surface area contributed by atoms with E-state index in [2.05, 4.69) is 24.1 Å². The lowest BCUT2D eigenvalue weighted by Gasteiger charge is -2.41. The third-order valence-corrected chi connectivity index (χ3v) is 5.97. The minimum Gasteiger partial charge on any atom is -0.481 e. The van der Waals surface area contributed by atoms with Crippen LogP contribution in [0.5, 0.6) is 0 Å². The Hall–Kier alpha value is -0.610. The van der Waals surface area contributed by atoms with Crippen molar-refractivity contribution in [1.29, 1.82) is 0 Å². The molecule has 1 heterocycles. The molecule has 2 aliphatic rings. The van der Waals surface area contributed by atoms with Crippen LogP contribution < -0.4 is 5.32 Å². The van der Waals surface area contributed by atoms with Gasteiger partial charge in [-0.25, -0.2) is 0 Å². The van der Waals surface area contributed by atoms with E-state index in [1.807, 2.05) is 0 Å². The van der Waals surface area contributed by atoms with Gasteiger partial charge in [0.2, 0.25) is 0 Å². The number of carboxylic acid groups (broad SMARTS) is 1. The van der Waals surface area contributed by atoms with Crippen LogP contribution >= 0.6 is 0 Å². The Labute approximate surface area is 142 Å². The molecule has 23 heavy (non-hydrogen) atoms. The van der Waals surface area contributed by atoms with Crippen LogP contribution in [0.1, 0.15) is 71.6 Å². The zero-order chi connectivity index (χ0) is 16.7. The molecule has 3 unspecified atom stereocenters. The lowest BCUT2D eigenvalue weighted by molar-refractivity contribution is -0.137. The topological polar surface area (TPSA) is 52.6 Å². The van der Waals surface area contributed by atoms with Crippen molar-refractivity contribution in [3.63, 3.8) is 0 Å². The molecule has 0 aromatic carbocycles. The average Bonchev–Trinajstić information content (AvgIpc) is 2.58. The highest BCUT2D eigenvalue weighted by Gasteiger charge is 2.29. The first-order chi connectivity index (χ1) is 11.1. The van der Waals surface area contributed by atoms with Gasteiger partial charge >= 0.3 is 5.97 Å². The molecule has 2 fully saturated rings. The highest BCUT2D eigenvalue weighted by Crippen LogP contribution is 2.26. The molecule has 4 heteroatoms. The fourth-order valence-electron chi connectivity index (χ4n) is 4.27. The molecule has 1 saturated carbocycles. The molecule has 4 nitrogen and oxygen atoms in total. The molecule has 1 aliphatic carbocycles. The highest BCUT2D eigenvalue weighted by atomic mass is 16.4. The number of carbonyl (C=O) groups is 1. The van der Waals surface area contributed by atoms with Gasteiger partial charge in [0.1, 0.15) is 0 Å². The molecule has 0 radical (unpaired) electrons. The van der Waals surface area contributed by atoms with Crippen molar-refractivity contribution in [2.24, 2.45) is 11.8 Å². The summed E-state index contributed by atoms with van der Waals surface area (Å²) in [7, 11) is 0. The molecular weight excluding hydrogens is 288 g/mol. The summed E-state index contributed by atoms with van der Waals surface area (Å²) < 4.78 is 0. The molecule has 134 valence electrons. The van der Waals surface area contributed by atoms with E-state index < -0.39 is 5.97 Å². The second-order valence-corrected chi connectivity index (χ2v) is 7.85. The largest absolute Gasteiger partial charge is 0.481 e. The summed E-state index contributed by atoms with van der Waals surface area (Å²) in [5.41, 5.74) is 0. The van der Waals surface area contributed by atoms with Gasteiger partial charge in [-0.1, -0.05) is 26.2 Å². The van der Waals surface area contributed by atoms with Crippen molar-refractivity contribution in [2.75, 3.05) is 19.6 Å². The van der Waals surface area contributed by atoms with E-state index in [0.29, 0.717) is 24.4 Å². The van der Waals surface area contributed by atoms with Gasteiger partial charge in [0.25, 0.3) is 0 Å². The first-order valence-corrected chi connectivity index (χ1v) is 9.77. The summed E-state index contributed by atoms with van der Waals surface area (Å²) in [6.45, 7) is 7.91. The zero-order valence-corrected chi connectivity index (χ0v) is 15.1. The van der Waals surface area contributed by atoms with Gasteiger partial charge in [0, 0.05) is 31.6 Å². The van der Waals surface area contributed by atoms with Gasteiger partial charge in [-0.15, -0.1) is 0 Å². The van der Waals surface area contributed by atoms with Crippen molar-refractivity contribution >= 4 is 5.97 Å². The SMILES string of the molecule is CCC(C)N1CC(CCC(=O)O)CC(NCC2CCCCC2)C1. The molecule has 0 aromatic rings. The maximum absolute atomic E-state index is 10.9. The summed E-state index contributed by atoms with van der Waals surface area (Å²) >= 11 is 0. The molecule has 1 aliphatic heterocycles. The summed E-state index contributed by atoms with van der Waals surface area (Å²) in [5, 5.41) is 12.8. The van der Waals surface area contributed by atoms with E-state index in [-0.39, 0.29) is 0 Å². The Morgan fingerprint density at radius 3 is 2.61 bits per heavy atom. The standard InChI is InChI=1S/C19H36N2O2/c1-3-15(2)21-13-17(9-10-19(22)23)11-18(14-21)20-12-16-7-5-4-6-8-16/h15-18,20H,3-14H2,1-2H3,(H,22,23). The first kappa shape index (κ1) is 18.7. The van der Waals surface area contributed by atoms with Crippen LogP contribution in [-0.2, 0) is 4.79 Å². The van der Waals surface area contributed by atoms with E-state index in [9.17, 15) is 4.79 Å². The number of carboxylic acids is 1. The number of piperidine rings is 1. The van der Waals surface area contributed by atoms with E-state index in [4.69, 9.17) is 5.11 Å². The van der Waals surface area contributed by atoms with Gasteiger partial charge in [-0.3, -0.25) is 9.69 Å². The quantitative estimate of drug-likeness (QED) is 0.717. The van der Waals surface area contributed by atoms with Crippen LogP contribution in [0.4, 0.5) is 0 Å². The Morgan fingerprint density at radius 2 is 1.96 bits per heavy atom. The van der Waals surface area contributed by atoms with Crippen LogP contribution in [0.15, 0.2) is 0 Å². The van der Waals surface area contributed by atoms with Crippen LogP contribution in [0.25, 0.3) is 0 Å². The van der Waals surface area contributed by atoms with Crippen molar-refractivity contribution in [2.45, 2.75) is 83.7 Å². The summed E-state index contributed by atoms with van der Waals surface area (Å²) in [6, 6.07) is 1.14. The smallest absolute Gasteiger partial charge is 0.303 e. The molecule has 2 N–H and O–H groups in total. The van der Waals surface area contributed by atoms with E-state index in [1.54, 1.807) is 0 Å². The molecule has 0 bridgehead atoms. The Balaban J connectivity index is 1.84. The number of likely N-dealkylation sites (tertiary alicyclic amines) is 1. The molecular formula is C19H36N2O2. The number of nitrogens with one attached hydrogen (secondary N) is 1. The van der Waals surface area contributed by atoms with Crippen molar-refractivity contribution in [3.05, 3.63) is 0 Å². The fourth-order valence-corrected chi connectivity index (χ4v) is 4.27. The second kappa shape index (κ2) is 9.63. The van der Waals surface area contributed by atoms with Gasteiger partial charge in [-0.2, -0.15) is 0 Å². The second-order valence-electron chi connectivity index (χ2n) is 7.85. The molecule has 3 atom stereocenters. The number of hydrogen-bond acceptors (Lipinski definition) is 3. The number of aliphatic carboxylic acids is 1. The van der Waals surface area contributed by atoms with Crippen molar-refractivity contribution in [1.82, 2.24) is 10.2 Å². The molecule has 0 spiro atoms. The summed E-state index contributed by atoms with van der Waals surface area (Å²) in [5.74, 6) is 0.732. The van der Waals surface area contributed by atoms with Crippen LogP contribution in [0, 0.1) is 11.8 Å². The first-order valence-electron chi connectivity index (χ1n) is 9.77. The van der Waals surface area contributed by atoms with Gasteiger partial charge < -0.3 is 10.4 Å². The van der Waals surface area contributed by atoms with Crippen LogP contribution in [0.3, 0.4) is 0 Å². The third-order valence-electron chi connectivity index (χ3n) is 5.97. The van der Waals surface area contributed by atoms with Gasteiger partial charge in [0.05, 0.1) is 0 Å². The molecule has 1 saturated heterocycles. The van der Waals surface area contributed by atoms with Crippen LogP contribution in [0.2, 0.25) is 0 Å². The number of rotatable bonds is 8.